The normalized spacial score (nSPS) is 16.7. The lowest BCUT2D eigenvalue weighted by Gasteiger charge is -2.26. The van der Waals surface area contributed by atoms with E-state index in [0.29, 0.717) is 13.2 Å². The Morgan fingerprint density at radius 2 is 2.05 bits per heavy atom. The predicted molar refractivity (Wildman–Crippen MR) is 85.8 cm³/mol. The molecule has 0 saturated carbocycles. The van der Waals surface area contributed by atoms with Gasteiger partial charge in [-0.1, -0.05) is 12.1 Å². The van der Waals surface area contributed by atoms with Gasteiger partial charge in [0.2, 0.25) is 11.8 Å². The number of rotatable bonds is 7. The van der Waals surface area contributed by atoms with Crippen molar-refractivity contribution in [3.05, 3.63) is 24.3 Å². The summed E-state index contributed by atoms with van der Waals surface area (Å²) in [5.41, 5.74) is 1.58. The molecular formula is C16H23N3O3. The molecule has 6 heteroatoms. The second-order valence-electron chi connectivity index (χ2n) is 5.56. The van der Waals surface area contributed by atoms with Crippen LogP contribution in [-0.4, -0.2) is 37.1 Å². The van der Waals surface area contributed by atoms with E-state index in [4.69, 9.17) is 4.74 Å². The fourth-order valence-electron chi connectivity index (χ4n) is 2.21. The molecule has 0 aromatic heterocycles. The summed E-state index contributed by atoms with van der Waals surface area (Å²) < 4.78 is 5.40. The summed E-state index contributed by atoms with van der Waals surface area (Å²) in [6.07, 6.45) is 1.08. The van der Waals surface area contributed by atoms with E-state index in [0.717, 1.165) is 17.8 Å². The van der Waals surface area contributed by atoms with Crippen molar-refractivity contribution in [2.24, 2.45) is 0 Å². The molecule has 0 spiro atoms. The maximum Gasteiger partial charge on any atom is 0.247 e. The zero-order valence-corrected chi connectivity index (χ0v) is 13.0. The quantitative estimate of drug-likeness (QED) is 0.670. The lowest BCUT2D eigenvalue weighted by molar-refractivity contribution is -0.125. The molecule has 0 radical (unpaired) electrons. The van der Waals surface area contributed by atoms with E-state index >= 15 is 0 Å². The van der Waals surface area contributed by atoms with Crippen LogP contribution in [0.15, 0.2) is 24.3 Å². The van der Waals surface area contributed by atoms with Gasteiger partial charge in [-0.25, -0.2) is 0 Å². The third kappa shape index (κ3) is 4.73. The van der Waals surface area contributed by atoms with Gasteiger partial charge in [-0.2, -0.15) is 0 Å². The van der Waals surface area contributed by atoms with E-state index < -0.39 is 6.04 Å². The van der Waals surface area contributed by atoms with Crippen molar-refractivity contribution in [2.45, 2.75) is 38.8 Å². The number of anilines is 2. The van der Waals surface area contributed by atoms with Crippen LogP contribution >= 0.6 is 0 Å². The van der Waals surface area contributed by atoms with Crippen LogP contribution in [0.2, 0.25) is 0 Å². The number of para-hydroxylation sites is 2. The first-order valence-corrected chi connectivity index (χ1v) is 7.61. The average Bonchev–Trinajstić information content (AvgIpc) is 2.47. The molecule has 1 aliphatic rings. The molecule has 0 bridgehead atoms. The van der Waals surface area contributed by atoms with Gasteiger partial charge >= 0.3 is 0 Å². The Hall–Kier alpha value is -2.08. The van der Waals surface area contributed by atoms with Crippen LogP contribution in [0.3, 0.4) is 0 Å². The third-order valence-corrected chi connectivity index (χ3v) is 3.32. The first kappa shape index (κ1) is 16.3. The molecule has 0 aliphatic carbocycles. The zero-order chi connectivity index (χ0) is 15.9. The lowest BCUT2D eigenvalue weighted by Crippen LogP contribution is -2.42. The van der Waals surface area contributed by atoms with E-state index in [9.17, 15) is 9.59 Å². The van der Waals surface area contributed by atoms with Crippen molar-refractivity contribution < 1.29 is 14.3 Å². The molecule has 1 aromatic carbocycles. The van der Waals surface area contributed by atoms with Crippen LogP contribution in [0.5, 0.6) is 0 Å². The van der Waals surface area contributed by atoms with Gasteiger partial charge in [0.15, 0.2) is 0 Å². The predicted octanol–water partition coefficient (Wildman–Crippen LogP) is 1.74. The Kier molecular flexibility index (Phi) is 5.77. The molecule has 1 aliphatic heterocycles. The zero-order valence-electron chi connectivity index (χ0n) is 13.0. The highest BCUT2D eigenvalue weighted by molar-refractivity contribution is 6.04. The summed E-state index contributed by atoms with van der Waals surface area (Å²) in [4.78, 5) is 23.9. The summed E-state index contributed by atoms with van der Waals surface area (Å²) in [6.45, 7) is 5.12. The van der Waals surface area contributed by atoms with Crippen LogP contribution in [0.1, 0.15) is 26.7 Å². The van der Waals surface area contributed by atoms with Crippen LogP contribution in [0, 0.1) is 0 Å². The highest BCUT2D eigenvalue weighted by Gasteiger charge is 2.26. The first-order valence-electron chi connectivity index (χ1n) is 7.61. The van der Waals surface area contributed by atoms with E-state index in [1.807, 2.05) is 38.1 Å². The maximum absolute atomic E-state index is 12.0. The van der Waals surface area contributed by atoms with Gasteiger partial charge in [0.1, 0.15) is 6.04 Å². The van der Waals surface area contributed by atoms with Crippen LogP contribution in [0.4, 0.5) is 11.4 Å². The van der Waals surface area contributed by atoms with Crippen molar-refractivity contribution >= 4 is 23.2 Å². The first-order chi connectivity index (χ1) is 10.6. The molecule has 1 unspecified atom stereocenters. The van der Waals surface area contributed by atoms with Gasteiger partial charge in [0.05, 0.1) is 23.9 Å². The number of benzene rings is 1. The minimum atomic E-state index is -0.540. The minimum Gasteiger partial charge on any atom is -0.379 e. The van der Waals surface area contributed by atoms with Crippen molar-refractivity contribution in [3.8, 4) is 0 Å². The monoisotopic (exact) mass is 305 g/mol. The van der Waals surface area contributed by atoms with E-state index in [-0.39, 0.29) is 24.3 Å². The van der Waals surface area contributed by atoms with E-state index in [1.165, 1.54) is 0 Å². The summed E-state index contributed by atoms with van der Waals surface area (Å²) in [5.74, 6) is -0.325. The maximum atomic E-state index is 12.0. The fourth-order valence-corrected chi connectivity index (χ4v) is 2.21. The Morgan fingerprint density at radius 3 is 2.77 bits per heavy atom. The fraction of sp³-hybridized carbons (Fsp3) is 0.500. The average molecular weight is 305 g/mol. The van der Waals surface area contributed by atoms with Gasteiger partial charge in [-0.15, -0.1) is 0 Å². The highest BCUT2D eigenvalue weighted by atomic mass is 16.5. The number of ether oxygens (including phenoxy) is 1. The molecule has 22 heavy (non-hydrogen) atoms. The smallest absolute Gasteiger partial charge is 0.247 e. The summed E-state index contributed by atoms with van der Waals surface area (Å²) in [5, 5.41) is 8.71. The molecule has 0 saturated heterocycles. The second-order valence-corrected chi connectivity index (χ2v) is 5.56. The van der Waals surface area contributed by atoms with Gasteiger partial charge in [0.25, 0.3) is 0 Å². The number of carbonyl (C=O) groups excluding carboxylic acids is 2. The van der Waals surface area contributed by atoms with Gasteiger partial charge in [-0.3, -0.25) is 9.59 Å². The molecular weight excluding hydrogens is 282 g/mol. The number of hydrogen-bond acceptors (Lipinski definition) is 4. The van der Waals surface area contributed by atoms with Crippen molar-refractivity contribution in [1.29, 1.82) is 0 Å². The molecule has 0 fully saturated rings. The van der Waals surface area contributed by atoms with Gasteiger partial charge < -0.3 is 20.7 Å². The molecule has 2 amide bonds. The van der Waals surface area contributed by atoms with Crippen molar-refractivity contribution in [2.75, 3.05) is 23.8 Å². The van der Waals surface area contributed by atoms with Gasteiger partial charge in [-0.05, 0) is 32.4 Å². The Labute approximate surface area is 130 Å². The topological polar surface area (TPSA) is 79.5 Å². The highest BCUT2D eigenvalue weighted by Crippen LogP contribution is 2.26. The SMILES string of the molecule is CC(C)OCCCNC(=O)CC1Nc2ccccc2NC1=O. The van der Waals surface area contributed by atoms with Gasteiger partial charge in [0, 0.05) is 13.2 Å². The van der Waals surface area contributed by atoms with Crippen LogP contribution in [0.25, 0.3) is 0 Å². The summed E-state index contributed by atoms with van der Waals surface area (Å²) in [7, 11) is 0. The number of amides is 2. The summed E-state index contributed by atoms with van der Waals surface area (Å²) in [6, 6.07) is 6.90. The number of hydrogen-bond donors (Lipinski definition) is 3. The van der Waals surface area contributed by atoms with E-state index in [1.54, 1.807) is 0 Å². The van der Waals surface area contributed by atoms with Crippen LogP contribution < -0.4 is 16.0 Å². The number of fused-ring (bicyclic) bond motifs is 1. The lowest BCUT2D eigenvalue weighted by atomic mass is 10.1. The van der Waals surface area contributed by atoms with Crippen molar-refractivity contribution in [3.63, 3.8) is 0 Å². The Bertz CT molecular complexity index is 531. The van der Waals surface area contributed by atoms with E-state index in [2.05, 4.69) is 16.0 Å². The third-order valence-electron chi connectivity index (χ3n) is 3.32. The molecule has 1 heterocycles. The molecule has 1 atom stereocenters. The van der Waals surface area contributed by atoms with Crippen molar-refractivity contribution in [1.82, 2.24) is 5.32 Å². The number of nitrogens with one attached hydrogen (secondary N) is 3. The van der Waals surface area contributed by atoms with Crippen LogP contribution in [-0.2, 0) is 14.3 Å². The molecule has 3 N–H and O–H groups in total. The molecule has 2 rings (SSSR count). The Morgan fingerprint density at radius 1 is 1.32 bits per heavy atom. The summed E-state index contributed by atoms with van der Waals surface area (Å²) >= 11 is 0. The Balaban J connectivity index is 1.74. The number of carbonyl (C=O) groups is 2. The molecule has 120 valence electrons. The largest absolute Gasteiger partial charge is 0.379 e. The molecule has 6 nitrogen and oxygen atoms in total. The minimum absolute atomic E-state index is 0.116. The standard InChI is InChI=1S/C16H23N3O3/c1-11(2)22-9-5-8-17-15(20)10-14-16(21)19-13-7-4-3-6-12(13)18-14/h3-4,6-7,11,14,18H,5,8-10H2,1-2H3,(H,17,20)(H,19,21). The second kappa shape index (κ2) is 7.79. The molecule has 1 aromatic rings.